The minimum absolute atomic E-state index is 0.200. The Morgan fingerprint density at radius 3 is 1.21 bits per heavy atom. The maximum absolute atomic E-state index is 10.6. The van der Waals surface area contributed by atoms with Crippen molar-refractivity contribution in [3.8, 4) is 5.75 Å². The molecule has 1 nitrogen and oxygen atoms in total. The summed E-state index contributed by atoms with van der Waals surface area (Å²) < 4.78 is 0. The summed E-state index contributed by atoms with van der Waals surface area (Å²) in [5, 5.41) is 10.6. The molecule has 0 saturated carbocycles. The Morgan fingerprint density at radius 1 is 0.571 bits per heavy atom. The minimum Gasteiger partial charge on any atom is -0.508 e. The molecule has 0 heterocycles. The van der Waals surface area contributed by atoms with E-state index < -0.39 is 0 Å². The molecule has 0 unspecified atom stereocenters. The highest BCUT2D eigenvalue weighted by molar-refractivity contribution is 5.53. The number of phenols is 1. The van der Waals surface area contributed by atoms with Crippen LogP contribution in [0.15, 0.2) is 60.7 Å². The molecule has 0 atom stereocenters. The second-order valence-corrected chi connectivity index (χ2v) is 9.15. The molecule has 3 aromatic rings. The van der Waals surface area contributed by atoms with Gasteiger partial charge in [0.1, 0.15) is 5.75 Å². The van der Waals surface area contributed by atoms with E-state index in [1.165, 1.54) is 38.9 Å². The van der Waals surface area contributed by atoms with E-state index in [-0.39, 0.29) is 10.8 Å². The van der Waals surface area contributed by atoms with Crippen LogP contribution in [0.1, 0.15) is 66.6 Å². The Balaban J connectivity index is 2.17. The zero-order chi connectivity index (χ0) is 20.7. The first-order valence-electron chi connectivity index (χ1n) is 10.0. The maximum Gasteiger partial charge on any atom is 0.116 e. The van der Waals surface area contributed by atoms with Crippen LogP contribution in [-0.4, -0.2) is 5.11 Å². The fraction of sp³-hybridized carbons (Fsp3) is 0.333. The zero-order valence-electron chi connectivity index (χ0n) is 18.2. The van der Waals surface area contributed by atoms with Crippen molar-refractivity contribution in [1.82, 2.24) is 0 Å². The summed E-state index contributed by atoms with van der Waals surface area (Å²) in [5.41, 5.74) is 8.22. The van der Waals surface area contributed by atoms with Gasteiger partial charge in [0.25, 0.3) is 0 Å². The highest BCUT2D eigenvalue weighted by Gasteiger charge is 2.31. The van der Waals surface area contributed by atoms with Crippen LogP contribution in [0, 0.1) is 20.8 Å². The molecule has 146 valence electrons. The van der Waals surface area contributed by atoms with E-state index in [0.717, 1.165) is 0 Å². The molecule has 1 heteroatoms. The van der Waals surface area contributed by atoms with Crippen molar-refractivity contribution in [2.24, 2.45) is 0 Å². The minimum atomic E-state index is -0.200. The van der Waals surface area contributed by atoms with E-state index >= 15 is 0 Å². The number of aryl methyl sites for hydroxylation is 2. The van der Waals surface area contributed by atoms with Gasteiger partial charge >= 0.3 is 0 Å². The predicted molar refractivity (Wildman–Crippen MR) is 119 cm³/mol. The quantitative estimate of drug-likeness (QED) is 0.524. The van der Waals surface area contributed by atoms with Gasteiger partial charge in [0.15, 0.2) is 0 Å². The third kappa shape index (κ3) is 3.58. The lowest BCUT2D eigenvalue weighted by Gasteiger charge is -2.34. The molecule has 28 heavy (non-hydrogen) atoms. The van der Waals surface area contributed by atoms with Crippen LogP contribution < -0.4 is 0 Å². The molecule has 0 radical (unpaired) electrons. The topological polar surface area (TPSA) is 20.2 Å². The number of benzene rings is 3. The van der Waals surface area contributed by atoms with Gasteiger partial charge < -0.3 is 5.11 Å². The molecular formula is C27H32O. The third-order valence-corrected chi connectivity index (χ3v) is 6.29. The lowest BCUT2D eigenvalue weighted by atomic mass is 9.70. The van der Waals surface area contributed by atoms with Crippen LogP contribution in [0.2, 0.25) is 0 Å². The van der Waals surface area contributed by atoms with E-state index in [4.69, 9.17) is 0 Å². The Morgan fingerprint density at radius 2 is 0.893 bits per heavy atom. The first kappa shape index (κ1) is 20.2. The molecule has 0 aliphatic carbocycles. The number of rotatable bonds is 4. The molecule has 0 aliphatic rings. The van der Waals surface area contributed by atoms with Crippen LogP contribution in [0.25, 0.3) is 0 Å². The van der Waals surface area contributed by atoms with Crippen LogP contribution in [0.4, 0.5) is 0 Å². The molecule has 3 aromatic carbocycles. The second kappa shape index (κ2) is 7.13. The van der Waals surface area contributed by atoms with Gasteiger partial charge in [-0.3, -0.25) is 0 Å². The lowest BCUT2D eigenvalue weighted by Crippen LogP contribution is -2.25. The maximum atomic E-state index is 10.6. The van der Waals surface area contributed by atoms with Gasteiger partial charge in [-0.25, -0.2) is 0 Å². The summed E-state index contributed by atoms with van der Waals surface area (Å²) in [6, 6.07) is 21.3. The molecule has 1 N–H and O–H groups in total. The fourth-order valence-electron chi connectivity index (χ4n) is 4.25. The molecule has 0 saturated heterocycles. The van der Waals surface area contributed by atoms with Crippen molar-refractivity contribution in [3.63, 3.8) is 0 Å². The van der Waals surface area contributed by atoms with Crippen molar-refractivity contribution >= 4 is 0 Å². The van der Waals surface area contributed by atoms with Crippen molar-refractivity contribution < 1.29 is 5.11 Å². The molecule has 0 aromatic heterocycles. The van der Waals surface area contributed by atoms with E-state index in [1.54, 1.807) is 0 Å². The summed E-state index contributed by atoms with van der Waals surface area (Å²) in [5.74, 6) is 0.330. The molecular weight excluding hydrogens is 340 g/mol. The van der Waals surface area contributed by atoms with Gasteiger partial charge in [-0.05, 0) is 60.7 Å². The van der Waals surface area contributed by atoms with Crippen molar-refractivity contribution in [2.75, 3.05) is 0 Å². The summed E-state index contributed by atoms with van der Waals surface area (Å²) in [6.07, 6.45) is 0. The van der Waals surface area contributed by atoms with Crippen LogP contribution >= 0.6 is 0 Å². The largest absolute Gasteiger partial charge is 0.508 e. The zero-order valence-corrected chi connectivity index (χ0v) is 18.2. The van der Waals surface area contributed by atoms with E-state index in [2.05, 4.69) is 97.0 Å². The molecule has 0 fully saturated rings. The highest BCUT2D eigenvalue weighted by atomic mass is 16.3. The molecule has 0 bridgehead atoms. The van der Waals surface area contributed by atoms with Gasteiger partial charge in [0, 0.05) is 10.8 Å². The smallest absolute Gasteiger partial charge is 0.116 e. The molecule has 3 rings (SSSR count). The number of aromatic hydroxyl groups is 1. The monoisotopic (exact) mass is 372 g/mol. The van der Waals surface area contributed by atoms with E-state index in [9.17, 15) is 5.11 Å². The first-order valence-corrected chi connectivity index (χ1v) is 10.0. The Kier molecular flexibility index (Phi) is 5.14. The van der Waals surface area contributed by atoms with Crippen molar-refractivity contribution in [2.45, 2.75) is 59.3 Å². The first-order chi connectivity index (χ1) is 13.0. The Bertz CT molecular complexity index is 895. The Labute approximate surface area is 170 Å². The average Bonchev–Trinajstić information content (AvgIpc) is 2.64. The summed E-state index contributed by atoms with van der Waals surface area (Å²) >= 11 is 0. The summed E-state index contributed by atoms with van der Waals surface area (Å²) in [7, 11) is 0. The van der Waals surface area contributed by atoms with Gasteiger partial charge in [-0.2, -0.15) is 0 Å². The van der Waals surface area contributed by atoms with Crippen molar-refractivity contribution in [1.29, 1.82) is 0 Å². The normalized spacial score (nSPS) is 12.2. The van der Waals surface area contributed by atoms with Crippen LogP contribution in [0.5, 0.6) is 5.75 Å². The van der Waals surface area contributed by atoms with E-state index in [0.29, 0.717) is 5.75 Å². The van der Waals surface area contributed by atoms with Crippen molar-refractivity contribution in [3.05, 3.63) is 99.6 Å². The highest BCUT2D eigenvalue weighted by Crippen LogP contribution is 2.42. The number of hydrogen-bond acceptors (Lipinski definition) is 1. The van der Waals surface area contributed by atoms with Crippen LogP contribution in [-0.2, 0) is 10.8 Å². The molecule has 0 aliphatic heterocycles. The van der Waals surface area contributed by atoms with Gasteiger partial charge in [-0.15, -0.1) is 0 Å². The van der Waals surface area contributed by atoms with E-state index in [1.807, 2.05) is 12.1 Å². The molecule has 0 amide bonds. The second-order valence-electron chi connectivity index (χ2n) is 9.15. The predicted octanol–water partition coefficient (Wildman–Crippen LogP) is 6.97. The standard InChI is InChI=1S/C27H32O/c1-18-8-12-21(13-9-18)26(4,5)24-16-23(28)17-25(20(24)3)27(6,7)22-14-10-19(2)11-15-22/h8-17,28H,1-7H3. The van der Waals surface area contributed by atoms with Gasteiger partial charge in [-0.1, -0.05) is 87.4 Å². The number of phenolic OH excluding ortho intramolecular Hbond substituents is 1. The number of hydrogen-bond donors (Lipinski definition) is 1. The van der Waals surface area contributed by atoms with Gasteiger partial charge in [0.2, 0.25) is 0 Å². The van der Waals surface area contributed by atoms with Crippen LogP contribution in [0.3, 0.4) is 0 Å². The van der Waals surface area contributed by atoms with Gasteiger partial charge in [0.05, 0.1) is 0 Å². The SMILES string of the molecule is Cc1ccc(C(C)(C)c2cc(O)cc(C(C)(C)c3ccc(C)cc3)c2C)cc1. The Hall–Kier alpha value is -2.54. The summed E-state index contributed by atoms with van der Waals surface area (Å²) in [6.45, 7) is 15.4. The molecule has 0 spiro atoms. The lowest BCUT2D eigenvalue weighted by molar-refractivity contribution is 0.468. The summed E-state index contributed by atoms with van der Waals surface area (Å²) in [4.78, 5) is 0. The average molecular weight is 373 g/mol. The third-order valence-electron chi connectivity index (χ3n) is 6.29. The fourth-order valence-corrected chi connectivity index (χ4v) is 4.25.